The van der Waals surface area contributed by atoms with Crippen molar-refractivity contribution in [2.75, 3.05) is 0 Å². The number of rotatable bonds is 6. The van der Waals surface area contributed by atoms with Gasteiger partial charge in [0.1, 0.15) is 0 Å². The van der Waals surface area contributed by atoms with Crippen LogP contribution in [-0.4, -0.2) is 43.5 Å². The fraction of sp³-hybridized carbons (Fsp3) is 0.294. The molecule has 2 unspecified atom stereocenters. The molecule has 2 aromatic rings. The van der Waals surface area contributed by atoms with E-state index in [1.165, 1.54) is 43.6 Å². The average molecular weight is 485 g/mol. The van der Waals surface area contributed by atoms with E-state index in [0.29, 0.717) is 11.8 Å². The summed E-state index contributed by atoms with van der Waals surface area (Å²) in [5.74, 6) is 0.829. The summed E-state index contributed by atoms with van der Waals surface area (Å²) in [5, 5.41) is 3.41. The van der Waals surface area contributed by atoms with Gasteiger partial charge >= 0.3 is 244 Å². The molecular formula is C34H34Li2Si. The van der Waals surface area contributed by atoms with E-state index in [0.717, 1.165) is 12.8 Å². The van der Waals surface area contributed by atoms with E-state index in [1.807, 2.05) is 0 Å². The van der Waals surface area contributed by atoms with Gasteiger partial charge in [-0.2, -0.15) is 0 Å². The zero-order valence-electron chi connectivity index (χ0n) is 23.4. The second-order valence-electron chi connectivity index (χ2n) is 11.9. The molecule has 2 aromatic carbocycles. The molecule has 6 rings (SSSR count). The van der Waals surface area contributed by atoms with E-state index in [-0.39, 0.29) is 0 Å². The Balaban J connectivity index is 1.67. The summed E-state index contributed by atoms with van der Waals surface area (Å²) in [7, 11) is -2.11. The van der Waals surface area contributed by atoms with Gasteiger partial charge in [0.2, 0.25) is 0 Å². The molecule has 0 amide bonds. The Hall–Kier alpha value is -1.71. The predicted octanol–water partition coefficient (Wildman–Crippen LogP) is 6.62. The minimum absolute atomic E-state index is 0.415. The van der Waals surface area contributed by atoms with Crippen LogP contribution in [-0.2, 0) is 12.8 Å². The van der Waals surface area contributed by atoms with E-state index in [1.54, 1.807) is 32.6 Å². The monoisotopic (exact) mass is 484 g/mol. The molecular weight excluding hydrogens is 450 g/mol. The van der Waals surface area contributed by atoms with Crippen molar-refractivity contribution in [1.82, 2.24) is 0 Å². The van der Waals surface area contributed by atoms with Gasteiger partial charge in [-0.05, 0) is 0 Å². The molecule has 0 aromatic heterocycles. The molecule has 0 nitrogen and oxygen atoms in total. The number of hydrogen-bond acceptors (Lipinski definition) is 0. The number of hydrogen-bond donors (Lipinski definition) is 0. The van der Waals surface area contributed by atoms with Crippen LogP contribution >= 0.6 is 0 Å². The first-order chi connectivity index (χ1) is 17.9. The van der Waals surface area contributed by atoms with Gasteiger partial charge in [-0.15, -0.1) is 0 Å². The summed E-state index contributed by atoms with van der Waals surface area (Å²) in [5.41, 5.74) is 12.4. The van der Waals surface area contributed by atoms with E-state index in [9.17, 15) is 0 Å². The second-order valence-corrected chi connectivity index (χ2v) is 16.1. The van der Waals surface area contributed by atoms with E-state index >= 15 is 0 Å². The van der Waals surface area contributed by atoms with Gasteiger partial charge in [0.15, 0.2) is 0 Å². The Morgan fingerprint density at radius 2 is 1.08 bits per heavy atom. The number of allylic oxidation sites excluding steroid dienone is 10. The molecule has 3 heteroatoms. The van der Waals surface area contributed by atoms with E-state index in [2.05, 4.69) is 135 Å². The Bertz CT molecular complexity index is 1380. The molecule has 0 saturated heterocycles. The van der Waals surface area contributed by atoms with Gasteiger partial charge < -0.3 is 0 Å². The zero-order valence-corrected chi connectivity index (χ0v) is 24.4. The maximum absolute atomic E-state index is 2.66. The summed E-state index contributed by atoms with van der Waals surface area (Å²) in [4.78, 5) is 0. The fourth-order valence-corrected chi connectivity index (χ4v) is 12.0. The van der Waals surface area contributed by atoms with Crippen molar-refractivity contribution in [2.24, 2.45) is 0 Å². The van der Waals surface area contributed by atoms with Crippen molar-refractivity contribution < 1.29 is 0 Å². The first kappa shape index (κ1) is 25.6. The molecule has 0 bridgehead atoms. The van der Waals surface area contributed by atoms with Crippen molar-refractivity contribution in [2.45, 2.75) is 64.5 Å². The second kappa shape index (κ2) is 9.79. The summed E-state index contributed by atoms with van der Waals surface area (Å²) < 4.78 is 3.02. The molecule has 0 radical (unpaired) electrons. The van der Waals surface area contributed by atoms with Crippen molar-refractivity contribution in [1.29, 1.82) is 0 Å². The van der Waals surface area contributed by atoms with Crippen molar-refractivity contribution in [3.05, 3.63) is 117 Å². The molecule has 176 valence electrons. The van der Waals surface area contributed by atoms with Crippen LogP contribution in [0.1, 0.15) is 71.9 Å². The van der Waals surface area contributed by atoms with Crippen molar-refractivity contribution >= 4 is 62.4 Å². The molecule has 2 atom stereocenters. The van der Waals surface area contributed by atoms with Crippen LogP contribution in [0.15, 0.2) is 84.0 Å². The molecule has 0 spiro atoms. The summed E-state index contributed by atoms with van der Waals surface area (Å²) in [6.45, 7) is 9.99. The van der Waals surface area contributed by atoms with Gasteiger partial charge in [-0.3, -0.25) is 0 Å². The van der Waals surface area contributed by atoms with Crippen LogP contribution in [0.25, 0.3) is 8.49 Å². The van der Waals surface area contributed by atoms with Crippen molar-refractivity contribution in [3.63, 3.8) is 0 Å². The Kier molecular flexibility index (Phi) is 6.77. The van der Waals surface area contributed by atoms with Gasteiger partial charge in [0.25, 0.3) is 0 Å². The van der Waals surface area contributed by atoms with Crippen LogP contribution in [0.3, 0.4) is 0 Å². The Morgan fingerprint density at radius 3 is 1.49 bits per heavy atom. The maximum atomic E-state index is 2.66. The standard InChI is InChI=1S/C34H34Si.2Li/c1-5-11-23-17-19-29-27-15-9-7-13-25(27)21-31(29)33(23)35(3,4)34-24(12-6-2)18-20-30-28-16-10-8-14-26(28)22-32(30)34;;/h7-10,13-20,27-28H,5-6,11-12H2,1-4H3;;. The van der Waals surface area contributed by atoms with Crippen LogP contribution in [0.4, 0.5) is 0 Å². The van der Waals surface area contributed by atoms with Crippen LogP contribution in [0, 0.1) is 0 Å². The molecule has 37 heavy (non-hydrogen) atoms. The normalized spacial score (nSPS) is 21.1. The number of benzene rings is 2. The first-order valence-corrected chi connectivity index (χ1v) is 17.3. The topological polar surface area (TPSA) is 0 Å². The molecule has 0 fully saturated rings. The Labute approximate surface area is 242 Å². The third kappa shape index (κ3) is 3.86. The Morgan fingerprint density at radius 1 is 0.649 bits per heavy atom. The number of aryl methyl sites for hydroxylation is 2. The van der Waals surface area contributed by atoms with Crippen LogP contribution in [0.2, 0.25) is 13.1 Å². The molecule has 0 N–H and O–H groups in total. The minimum atomic E-state index is -2.11. The van der Waals surface area contributed by atoms with Gasteiger partial charge in [0.05, 0.1) is 0 Å². The van der Waals surface area contributed by atoms with Crippen LogP contribution in [0.5, 0.6) is 0 Å². The fourth-order valence-electron chi connectivity index (χ4n) is 7.79. The molecule has 4 aliphatic carbocycles. The van der Waals surface area contributed by atoms with E-state index < -0.39 is 8.07 Å². The predicted molar refractivity (Wildman–Crippen MR) is 165 cm³/mol. The van der Waals surface area contributed by atoms with Crippen molar-refractivity contribution in [3.8, 4) is 0 Å². The quantitative estimate of drug-likeness (QED) is 0.404. The summed E-state index contributed by atoms with van der Waals surface area (Å²) in [6, 6.07) is 9.90. The average Bonchev–Trinajstić information content (AvgIpc) is 3.36. The summed E-state index contributed by atoms with van der Waals surface area (Å²) in [6.07, 6.45) is 23.1. The van der Waals surface area contributed by atoms with Gasteiger partial charge in [0, 0.05) is 0 Å². The first-order valence-electron chi connectivity index (χ1n) is 14.3. The molecule has 4 aliphatic rings. The van der Waals surface area contributed by atoms with Crippen LogP contribution < -0.4 is 10.4 Å². The van der Waals surface area contributed by atoms with Gasteiger partial charge in [-0.1, -0.05) is 0 Å². The summed E-state index contributed by atoms with van der Waals surface area (Å²) >= 11 is 4.78. The molecule has 0 aliphatic heterocycles. The SMILES string of the molecule is [Li][C]1=C2C=CC=CC2c2ccc(CCC)c([Si](C)(C)c3c(CCC)ccc4c3[C]([Li])=C3C=CC=CC34)c21. The zero-order chi connectivity index (χ0) is 25.9. The number of fused-ring (bicyclic) bond motifs is 6. The molecule has 0 saturated carbocycles. The van der Waals surface area contributed by atoms with E-state index in [4.69, 9.17) is 0 Å². The molecule has 0 heterocycles. The van der Waals surface area contributed by atoms with Gasteiger partial charge in [-0.25, -0.2) is 0 Å². The third-order valence-electron chi connectivity index (χ3n) is 9.27. The third-order valence-corrected chi connectivity index (χ3v) is 12.9.